The van der Waals surface area contributed by atoms with Crippen molar-refractivity contribution in [3.63, 3.8) is 0 Å². The highest BCUT2D eigenvalue weighted by Crippen LogP contribution is 2.25. The molecule has 96 valence electrons. The van der Waals surface area contributed by atoms with Crippen LogP contribution in [0.1, 0.15) is 5.56 Å². The molecule has 3 N–H and O–H groups in total. The van der Waals surface area contributed by atoms with Gasteiger partial charge in [-0.2, -0.15) is 4.98 Å². The van der Waals surface area contributed by atoms with Crippen molar-refractivity contribution in [3.05, 3.63) is 46.4 Å². The lowest BCUT2D eigenvalue weighted by atomic mass is 10.2. The minimum absolute atomic E-state index is 0.460. The molecular formula is C14H12BrN3O. The fourth-order valence-electron chi connectivity index (χ4n) is 1.84. The van der Waals surface area contributed by atoms with Gasteiger partial charge in [0.05, 0.1) is 0 Å². The Morgan fingerprint density at radius 2 is 2.05 bits per heavy atom. The Labute approximate surface area is 118 Å². The Hall–Kier alpha value is -2.01. The van der Waals surface area contributed by atoms with Gasteiger partial charge in [-0.15, -0.1) is 0 Å². The van der Waals surface area contributed by atoms with E-state index in [4.69, 9.17) is 10.2 Å². The van der Waals surface area contributed by atoms with E-state index in [0.29, 0.717) is 17.3 Å². The van der Waals surface area contributed by atoms with E-state index in [1.54, 1.807) is 12.1 Å². The van der Waals surface area contributed by atoms with Crippen LogP contribution in [0.3, 0.4) is 0 Å². The molecule has 2 aromatic carbocycles. The SMILES string of the molecule is Cc1cc(Nc2nc3cc(N)ccc3o2)ccc1Br. The molecule has 0 atom stereocenters. The van der Waals surface area contributed by atoms with Gasteiger partial charge in [-0.05, 0) is 48.9 Å². The lowest BCUT2D eigenvalue weighted by Crippen LogP contribution is -1.90. The number of anilines is 3. The summed E-state index contributed by atoms with van der Waals surface area (Å²) in [6, 6.07) is 11.8. The summed E-state index contributed by atoms with van der Waals surface area (Å²) in [5.74, 6) is 0. The van der Waals surface area contributed by atoms with Crippen LogP contribution >= 0.6 is 15.9 Å². The minimum Gasteiger partial charge on any atom is -0.423 e. The molecule has 0 bridgehead atoms. The maximum absolute atomic E-state index is 5.71. The predicted molar refractivity (Wildman–Crippen MR) is 80.6 cm³/mol. The third-order valence-corrected chi connectivity index (χ3v) is 3.71. The van der Waals surface area contributed by atoms with Gasteiger partial charge in [0, 0.05) is 15.8 Å². The predicted octanol–water partition coefficient (Wildman–Crippen LogP) is 4.22. The number of hydrogen-bond acceptors (Lipinski definition) is 4. The Morgan fingerprint density at radius 1 is 1.21 bits per heavy atom. The van der Waals surface area contributed by atoms with Crippen LogP contribution in [0.2, 0.25) is 0 Å². The van der Waals surface area contributed by atoms with Gasteiger partial charge in [0.2, 0.25) is 0 Å². The van der Waals surface area contributed by atoms with Crippen LogP contribution in [0.25, 0.3) is 11.1 Å². The van der Waals surface area contributed by atoms with E-state index >= 15 is 0 Å². The van der Waals surface area contributed by atoms with E-state index in [2.05, 4.69) is 26.2 Å². The quantitative estimate of drug-likeness (QED) is 0.694. The Morgan fingerprint density at radius 3 is 2.84 bits per heavy atom. The molecule has 0 amide bonds. The second-order valence-electron chi connectivity index (χ2n) is 4.34. The molecule has 19 heavy (non-hydrogen) atoms. The van der Waals surface area contributed by atoms with Gasteiger partial charge in [0.15, 0.2) is 5.58 Å². The zero-order valence-electron chi connectivity index (χ0n) is 10.3. The molecule has 0 saturated heterocycles. The Balaban J connectivity index is 1.94. The molecule has 0 saturated carbocycles. The molecule has 0 spiro atoms. The first-order valence-electron chi connectivity index (χ1n) is 5.81. The summed E-state index contributed by atoms with van der Waals surface area (Å²) >= 11 is 3.47. The molecule has 0 fully saturated rings. The number of aryl methyl sites for hydroxylation is 1. The molecule has 5 heteroatoms. The number of nitrogen functional groups attached to an aromatic ring is 1. The first-order valence-corrected chi connectivity index (χ1v) is 6.60. The number of rotatable bonds is 2. The molecular weight excluding hydrogens is 306 g/mol. The largest absolute Gasteiger partial charge is 0.423 e. The summed E-state index contributed by atoms with van der Waals surface area (Å²) in [5, 5.41) is 3.14. The molecule has 0 aliphatic heterocycles. The number of oxazole rings is 1. The van der Waals surface area contributed by atoms with E-state index in [0.717, 1.165) is 21.2 Å². The van der Waals surface area contributed by atoms with Crippen LogP contribution in [0, 0.1) is 6.92 Å². The zero-order chi connectivity index (χ0) is 13.4. The first kappa shape index (κ1) is 12.0. The summed E-state index contributed by atoms with van der Waals surface area (Å²) in [4.78, 5) is 4.35. The third-order valence-electron chi connectivity index (χ3n) is 2.82. The van der Waals surface area contributed by atoms with Gasteiger partial charge >= 0.3 is 0 Å². The van der Waals surface area contributed by atoms with Gasteiger partial charge in [0.1, 0.15) is 5.52 Å². The number of fused-ring (bicyclic) bond motifs is 1. The normalized spacial score (nSPS) is 10.8. The van der Waals surface area contributed by atoms with Crippen LogP contribution < -0.4 is 11.1 Å². The van der Waals surface area contributed by atoms with Gasteiger partial charge in [0.25, 0.3) is 6.01 Å². The van der Waals surface area contributed by atoms with Crippen molar-refractivity contribution >= 4 is 44.4 Å². The summed E-state index contributed by atoms with van der Waals surface area (Å²) < 4.78 is 6.68. The number of nitrogens with one attached hydrogen (secondary N) is 1. The van der Waals surface area contributed by atoms with Crippen LogP contribution in [-0.4, -0.2) is 4.98 Å². The molecule has 3 aromatic rings. The number of benzene rings is 2. The third kappa shape index (κ3) is 2.42. The summed E-state index contributed by atoms with van der Waals surface area (Å²) in [6.45, 7) is 2.03. The summed E-state index contributed by atoms with van der Waals surface area (Å²) in [6.07, 6.45) is 0. The topological polar surface area (TPSA) is 64.1 Å². The standard InChI is InChI=1S/C14H12BrN3O/c1-8-6-10(3-4-11(8)15)17-14-18-12-7-9(16)2-5-13(12)19-14/h2-7H,16H2,1H3,(H,17,18). The smallest absolute Gasteiger partial charge is 0.300 e. The number of nitrogens with two attached hydrogens (primary N) is 1. The Kier molecular flexibility index (Phi) is 2.91. The van der Waals surface area contributed by atoms with Crippen molar-refractivity contribution in [2.45, 2.75) is 6.92 Å². The van der Waals surface area contributed by atoms with Crippen LogP contribution in [0.4, 0.5) is 17.4 Å². The molecule has 0 radical (unpaired) electrons. The van der Waals surface area contributed by atoms with Gasteiger partial charge in [-0.1, -0.05) is 15.9 Å². The maximum Gasteiger partial charge on any atom is 0.300 e. The van der Waals surface area contributed by atoms with Crippen LogP contribution in [0.15, 0.2) is 45.3 Å². The van der Waals surface area contributed by atoms with E-state index in [9.17, 15) is 0 Å². The lowest BCUT2D eigenvalue weighted by molar-refractivity contribution is 0.623. The number of hydrogen-bond donors (Lipinski definition) is 2. The maximum atomic E-state index is 5.71. The van der Waals surface area contributed by atoms with E-state index in [-0.39, 0.29) is 0 Å². The monoisotopic (exact) mass is 317 g/mol. The average Bonchev–Trinajstić information content (AvgIpc) is 2.75. The number of nitrogens with zero attached hydrogens (tertiary/aromatic N) is 1. The van der Waals surface area contributed by atoms with Gasteiger partial charge in [-0.3, -0.25) is 0 Å². The molecule has 3 rings (SSSR count). The van der Waals surface area contributed by atoms with Crippen molar-refractivity contribution in [2.75, 3.05) is 11.1 Å². The second kappa shape index (κ2) is 4.59. The lowest BCUT2D eigenvalue weighted by Gasteiger charge is -2.03. The molecule has 0 aliphatic carbocycles. The van der Waals surface area contributed by atoms with Crippen molar-refractivity contribution in [3.8, 4) is 0 Å². The van der Waals surface area contributed by atoms with Crippen LogP contribution in [-0.2, 0) is 0 Å². The molecule has 1 heterocycles. The molecule has 0 aliphatic rings. The highest BCUT2D eigenvalue weighted by atomic mass is 79.9. The Bertz CT molecular complexity index is 752. The van der Waals surface area contributed by atoms with E-state index in [1.165, 1.54) is 0 Å². The van der Waals surface area contributed by atoms with Crippen molar-refractivity contribution in [1.29, 1.82) is 0 Å². The highest BCUT2D eigenvalue weighted by Gasteiger charge is 2.06. The molecule has 1 aromatic heterocycles. The minimum atomic E-state index is 0.460. The summed E-state index contributed by atoms with van der Waals surface area (Å²) in [5.41, 5.74) is 9.92. The first-order chi connectivity index (χ1) is 9.11. The summed E-state index contributed by atoms with van der Waals surface area (Å²) in [7, 11) is 0. The van der Waals surface area contributed by atoms with E-state index in [1.807, 2.05) is 31.2 Å². The second-order valence-corrected chi connectivity index (χ2v) is 5.19. The highest BCUT2D eigenvalue weighted by molar-refractivity contribution is 9.10. The average molecular weight is 318 g/mol. The molecule has 0 unspecified atom stereocenters. The van der Waals surface area contributed by atoms with Gasteiger partial charge in [-0.25, -0.2) is 0 Å². The fraction of sp³-hybridized carbons (Fsp3) is 0.0714. The van der Waals surface area contributed by atoms with Gasteiger partial charge < -0.3 is 15.5 Å². The fourth-order valence-corrected chi connectivity index (χ4v) is 2.09. The zero-order valence-corrected chi connectivity index (χ0v) is 11.9. The number of halogens is 1. The van der Waals surface area contributed by atoms with Crippen molar-refractivity contribution < 1.29 is 4.42 Å². The van der Waals surface area contributed by atoms with Crippen molar-refractivity contribution in [1.82, 2.24) is 4.98 Å². The molecule has 4 nitrogen and oxygen atoms in total. The van der Waals surface area contributed by atoms with Crippen molar-refractivity contribution in [2.24, 2.45) is 0 Å². The number of aromatic nitrogens is 1. The van der Waals surface area contributed by atoms with Crippen LogP contribution in [0.5, 0.6) is 0 Å². The van der Waals surface area contributed by atoms with E-state index < -0.39 is 0 Å².